The third-order valence-electron chi connectivity index (χ3n) is 2.53. The predicted octanol–water partition coefficient (Wildman–Crippen LogP) is -1.06. The fourth-order valence-electron chi connectivity index (χ4n) is 1.67. The highest BCUT2D eigenvalue weighted by Gasteiger charge is 2.23. The van der Waals surface area contributed by atoms with Gasteiger partial charge < -0.3 is 15.6 Å². The molecular formula is C10H13N5O2. The number of hydrogen-bond acceptors (Lipinski definition) is 5. The summed E-state index contributed by atoms with van der Waals surface area (Å²) in [7, 11) is 0. The van der Waals surface area contributed by atoms with E-state index in [-0.39, 0.29) is 18.4 Å². The first kappa shape index (κ1) is 11.3. The van der Waals surface area contributed by atoms with E-state index < -0.39 is 0 Å². The van der Waals surface area contributed by atoms with Gasteiger partial charge in [0.25, 0.3) is 5.91 Å². The lowest BCUT2D eigenvalue weighted by atomic mass is 10.2. The topological polar surface area (TPSA) is 100 Å². The van der Waals surface area contributed by atoms with E-state index in [0.717, 1.165) is 0 Å². The normalized spacial score (nSPS) is 15.4. The monoisotopic (exact) mass is 235 g/mol. The van der Waals surface area contributed by atoms with E-state index in [2.05, 4.69) is 15.7 Å². The summed E-state index contributed by atoms with van der Waals surface area (Å²) in [6.45, 7) is 1.03. The number of anilines is 1. The number of nitrogen functional groups attached to an aromatic ring is 1. The van der Waals surface area contributed by atoms with Crippen molar-refractivity contribution in [1.29, 1.82) is 0 Å². The molecule has 0 saturated carbocycles. The van der Waals surface area contributed by atoms with E-state index in [1.54, 1.807) is 6.07 Å². The second-order valence-electron chi connectivity index (χ2n) is 3.64. The van der Waals surface area contributed by atoms with E-state index >= 15 is 0 Å². The minimum absolute atomic E-state index is 0.0672. The average Bonchev–Trinajstić information content (AvgIpc) is 2.38. The van der Waals surface area contributed by atoms with Crippen LogP contribution in [0.4, 0.5) is 5.69 Å². The zero-order valence-corrected chi connectivity index (χ0v) is 9.14. The fraction of sp³-hybridized carbons (Fsp3) is 0.300. The molecule has 1 aliphatic rings. The molecule has 0 unspecified atom stereocenters. The van der Waals surface area contributed by atoms with Crippen molar-refractivity contribution in [3.05, 3.63) is 24.0 Å². The lowest BCUT2D eigenvalue weighted by Gasteiger charge is -2.27. The number of nitrogens with zero attached hydrogens (tertiary/aromatic N) is 2. The van der Waals surface area contributed by atoms with Crippen molar-refractivity contribution in [3.8, 4) is 0 Å². The molecule has 2 heterocycles. The zero-order valence-electron chi connectivity index (χ0n) is 9.14. The molecule has 2 rings (SSSR count). The maximum absolute atomic E-state index is 12.1. The molecular weight excluding hydrogens is 222 g/mol. The number of hydrazine groups is 1. The van der Waals surface area contributed by atoms with Crippen LogP contribution >= 0.6 is 0 Å². The van der Waals surface area contributed by atoms with Gasteiger partial charge in [-0.2, -0.15) is 0 Å². The number of aromatic nitrogens is 1. The summed E-state index contributed by atoms with van der Waals surface area (Å²) in [6.07, 6.45) is 2.97. The molecule has 0 bridgehead atoms. The van der Waals surface area contributed by atoms with E-state index in [0.29, 0.717) is 24.3 Å². The molecule has 0 spiro atoms. The van der Waals surface area contributed by atoms with Crippen molar-refractivity contribution in [1.82, 2.24) is 15.2 Å². The number of nitrogens with one attached hydrogen (secondary N) is 2. The van der Waals surface area contributed by atoms with Gasteiger partial charge in [-0.25, -0.2) is 0 Å². The van der Waals surface area contributed by atoms with Gasteiger partial charge in [0.2, 0.25) is 5.91 Å². The maximum atomic E-state index is 12.1. The minimum Gasteiger partial charge on any atom is -0.353 e. The summed E-state index contributed by atoms with van der Waals surface area (Å²) in [5.41, 5.74) is 3.30. The van der Waals surface area contributed by atoms with Crippen molar-refractivity contribution in [2.24, 2.45) is 5.84 Å². The molecule has 1 saturated heterocycles. The number of carbonyl (C=O) groups excluding carboxylic acids is 2. The Balaban J connectivity index is 2.21. The highest BCUT2D eigenvalue weighted by Crippen LogP contribution is 2.15. The molecule has 7 heteroatoms. The van der Waals surface area contributed by atoms with Crippen molar-refractivity contribution in [2.75, 3.05) is 25.1 Å². The second kappa shape index (κ2) is 4.79. The number of piperazine rings is 1. The van der Waals surface area contributed by atoms with Gasteiger partial charge in [-0.15, -0.1) is 0 Å². The zero-order chi connectivity index (χ0) is 12.3. The molecule has 7 nitrogen and oxygen atoms in total. The molecule has 0 aromatic carbocycles. The van der Waals surface area contributed by atoms with E-state index in [1.807, 2.05) is 0 Å². The van der Waals surface area contributed by atoms with Crippen LogP contribution in [-0.2, 0) is 4.79 Å². The van der Waals surface area contributed by atoms with Crippen LogP contribution < -0.4 is 16.6 Å². The van der Waals surface area contributed by atoms with Crippen molar-refractivity contribution >= 4 is 17.5 Å². The van der Waals surface area contributed by atoms with Gasteiger partial charge in [-0.3, -0.25) is 20.4 Å². The largest absolute Gasteiger partial charge is 0.353 e. The molecule has 1 aromatic heterocycles. The summed E-state index contributed by atoms with van der Waals surface area (Å²) in [6, 6.07) is 1.61. The molecule has 1 fully saturated rings. The summed E-state index contributed by atoms with van der Waals surface area (Å²) < 4.78 is 0. The van der Waals surface area contributed by atoms with Crippen LogP contribution in [0.25, 0.3) is 0 Å². The first-order valence-corrected chi connectivity index (χ1v) is 5.19. The Bertz CT molecular complexity index is 448. The summed E-state index contributed by atoms with van der Waals surface area (Å²) in [4.78, 5) is 28.7. The molecule has 0 aliphatic carbocycles. The van der Waals surface area contributed by atoms with Crippen molar-refractivity contribution in [3.63, 3.8) is 0 Å². The quantitative estimate of drug-likeness (QED) is 0.448. The van der Waals surface area contributed by atoms with Gasteiger partial charge in [0.05, 0.1) is 17.8 Å². The Morgan fingerprint density at radius 2 is 2.41 bits per heavy atom. The van der Waals surface area contributed by atoms with Crippen LogP contribution in [0.2, 0.25) is 0 Å². The molecule has 90 valence electrons. The molecule has 0 atom stereocenters. The molecule has 2 amide bonds. The standard InChI is InChI=1S/C10H13N5O2/c11-14-8-1-2-12-5-7(8)10(17)15-4-3-13-9(16)6-15/h1-2,5H,3-4,6,11H2,(H,12,14)(H,13,16). The number of rotatable bonds is 2. The Labute approximate surface area is 98.0 Å². The molecule has 0 radical (unpaired) electrons. The molecule has 4 N–H and O–H groups in total. The number of pyridine rings is 1. The van der Waals surface area contributed by atoms with Crippen LogP contribution in [0.15, 0.2) is 18.5 Å². The number of carbonyl (C=O) groups is 2. The highest BCUT2D eigenvalue weighted by molar-refractivity contribution is 6.01. The number of amides is 2. The Kier molecular flexibility index (Phi) is 3.20. The van der Waals surface area contributed by atoms with Gasteiger partial charge in [-0.05, 0) is 6.07 Å². The second-order valence-corrected chi connectivity index (χ2v) is 3.64. The first-order valence-electron chi connectivity index (χ1n) is 5.19. The van der Waals surface area contributed by atoms with Crippen LogP contribution in [0.1, 0.15) is 10.4 Å². The van der Waals surface area contributed by atoms with Crippen LogP contribution in [-0.4, -0.2) is 41.3 Å². The van der Waals surface area contributed by atoms with Crippen LogP contribution in [0, 0.1) is 0 Å². The van der Waals surface area contributed by atoms with E-state index in [4.69, 9.17) is 5.84 Å². The lowest BCUT2D eigenvalue weighted by molar-refractivity contribution is -0.123. The Hall–Kier alpha value is -2.15. The highest BCUT2D eigenvalue weighted by atomic mass is 16.2. The predicted molar refractivity (Wildman–Crippen MR) is 61.0 cm³/mol. The summed E-state index contributed by atoms with van der Waals surface area (Å²) in [5, 5.41) is 2.66. The smallest absolute Gasteiger partial charge is 0.258 e. The summed E-state index contributed by atoms with van der Waals surface area (Å²) in [5.74, 6) is 4.91. The van der Waals surface area contributed by atoms with Gasteiger partial charge in [0.1, 0.15) is 0 Å². The van der Waals surface area contributed by atoms with E-state index in [1.165, 1.54) is 17.3 Å². The summed E-state index contributed by atoms with van der Waals surface area (Å²) >= 11 is 0. The van der Waals surface area contributed by atoms with Crippen molar-refractivity contribution < 1.29 is 9.59 Å². The van der Waals surface area contributed by atoms with Gasteiger partial charge in [0, 0.05) is 25.5 Å². The molecule has 17 heavy (non-hydrogen) atoms. The number of nitrogens with two attached hydrogens (primary N) is 1. The van der Waals surface area contributed by atoms with Gasteiger partial charge >= 0.3 is 0 Å². The fourth-order valence-corrected chi connectivity index (χ4v) is 1.67. The third-order valence-corrected chi connectivity index (χ3v) is 2.53. The molecule has 1 aliphatic heterocycles. The first-order chi connectivity index (χ1) is 8.22. The van der Waals surface area contributed by atoms with E-state index in [9.17, 15) is 9.59 Å². The van der Waals surface area contributed by atoms with Crippen molar-refractivity contribution in [2.45, 2.75) is 0 Å². The van der Waals surface area contributed by atoms with Crippen LogP contribution in [0.3, 0.4) is 0 Å². The Morgan fingerprint density at radius 1 is 1.59 bits per heavy atom. The number of hydrogen-bond donors (Lipinski definition) is 3. The molecule has 1 aromatic rings. The Morgan fingerprint density at radius 3 is 3.12 bits per heavy atom. The third kappa shape index (κ3) is 2.34. The minimum atomic E-state index is -0.249. The average molecular weight is 235 g/mol. The SMILES string of the molecule is NNc1ccncc1C(=O)N1CCNC(=O)C1. The lowest BCUT2D eigenvalue weighted by Crippen LogP contribution is -2.50. The van der Waals surface area contributed by atoms with Gasteiger partial charge in [0.15, 0.2) is 0 Å². The maximum Gasteiger partial charge on any atom is 0.258 e. The van der Waals surface area contributed by atoms with Gasteiger partial charge in [-0.1, -0.05) is 0 Å². The van der Waals surface area contributed by atoms with Crippen LogP contribution in [0.5, 0.6) is 0 Å².